The lowest BCUT2D eigenvalue weighted by Crippen LogP contribution is -2.42. The molecule has 114 valence electrons. The molecule has 5 nitrogen and oxygen atoms in total. The predicted octanol–water partition coefficient (Wildman–Crippen LogP) is 1.36. The van der Waals surface area contributed by atoms with Crippen molar-refractivity contribution < 1.29 is 14.3 Å². The lowest BCUT2D eigenvalue weighted by Gasteiger charge is -2.28. The van der Waals surface area contributed by atoms with Crippen molar-refractivity contribution in [2.24, 2.45) is 0 Å². The number of ether oxygens (including phenoxy) is 1. The van der Waals surface area contributed by atoms with Gasteiger partial charge >= 0.3 is 5.97 Å². The highest BCUT2D eigenvalue weighted by Crippen LogP contribution is 2.21. The Morgan fingerprint density at radius 3 is 2.81 bits per heavy atom. The third-order valence-corrected chi connectivity index (χ3v) is 3.78. The van der Waals surface area contributed by atoms with Crippen LogP contribution in [0.2, 0.25) is 0 Å². The summed E-state index contributed by atoms with van der Waals surface area (Å²) in [4.78, 5) is 25.9. The van der Waals surface area contributed by atoms with E-state index in [1.165, 1.54) is 7.11 Å². The number of methoxy groups -OCH3 is 1. The second-order valence-corrected chi connectivity index (χ2v) is 5.47. The Kier molecular flexibility index (Phi) is 4.96. The van der Waals surface area contributed by atoms with Gasteiger partial charge in [0.25, 0.3) is 5.91 Å². The van der Waals surface area contributed by atoms with E-state index in [9.17, 15) is 9.59 Å². The molecule has 0 bridgehead atoms. The van der Waals surface area contributed by atoms with E-state index in [0.717, 1.165) is 30.6 Å². The average molecular weight is 290 g/mol. The molecule has 2 rings (SSSR count). The van der Waals surface area contributed by atoms with Gasteiger partial charge in [-0.2, -0.15) is 0 Å². The number of fused-ring (bicyclic) bond motifs is 1. The molecule has 0 aliphatic carbocycles. The number of nitrogens with zero attached hydrogens (tertiary/aromatic N) is 1. The van der Waals surface area contributed by atoms with Gasteiger partial charge in [-0.05, 0) is 44.0 Å². The van der Waals surface area contributed by atoms with E-state index in [1.54, 1.807) is 4.90 Å². The Morgan fingerprint density at radius 1 is 1.38 bits per heavy atom. The molecule has 0 aromatic heterocycles. The Labute approximate surface area is 125 Å². The summed E-state index contributed by atoms with van der Waals surface area (Å²) in [6.45, 7) is 5.44. The molecule has 0 spiro atoms. The fraction of sp³-hybridized carbons (Fsp3) is 0.500. The van der Waals surface area contributed by atoms with Crippen LogP contribution in [-0.4, -0.2) is 43.0 Å². The summed E-state index contributed by atoms with van der Waals surface area (Å²) in [6, 6.07) is 5.72. The number of esters is 1. The van der Waals surface area contributed by atoms with Gasteiger partial charge in [0.1, 0.15) is 6.54 Å². The first-order valence-electron chi connectivity index (χ1n) is 7.24. The number of rotatable bonds is 4. The Hall–Kier alpha value is -1.88. The molecular weight excluding hydrogens is 268 g/mol. The molecule has 1 N–H and O–H groups in total. The summed E-state index contributed by atoms with van der Waals surface area (Å²) in [5.74, 6) is -0.502. The van der Waals surface area contributed by atoms with Crippen LogP contribution >= 0.6 is 0 Å². The molecule has 1 aliphatic heterocycles. The Morgan fingerprint density at radius 2 is 2.14 bits per heavy atom. The second-order valence-electron chi connectivity index (χ2n) is 5.47. The van der Waals surface area contributed by atoms with Crippen molar-refractivity contribution in [3.05, 3.63) is 34.9 Å². The largest absolute Gasteiger partial charge is 0.468 e. The van der Waals surface area contributed by atoms with Gasteiger partial charge in [0.05, 0.1) is 7.11 Å². The number of carbonyl (C=O) groups is 2. The normalized spacial score (nSPS) is 13.7. The first-order valence-corrected chi connectivity index (χ1v) is 7.24. The highest BCUT2D eigenvalue weighted by molar-refractivity contribution is 5.97. The van der Waals surface area contributed by atoms with Crippen LogP contribution in [-0.2, 0) is 22.5 Å². The number of amides is 1. The van der Waals surface area contributed by atoms with E-state index in [4.69, 9.17) is 0 Å². The van der Waals surface area contributed by atoms with Crippen LogP contribution in [0.4, 0.5) is 0 Å². The van der Waals surface area contributed by atoms with Crippen LogP contribution in [0.25, 0.3) is 0 Å². The molecule has 1 amide bonds. The number of hydrogen-bond donors (Lipinski definition) is 1. The highest BCUT2D eigenvalue weighted by Gasteiger charge is 2.25. The zero-order valence-corrected chi connectivity index (χ0v) is 12.8. The van der Waals surface area contributed by atoms with Gasteiger partial charge in [0.2, 0.25) is 0 Å². The minimum Gasteiger partial charge on any atom is -0.468 e. The van der Waals surface area contributed by atoms with Crippen molar-refractivity contribution in [3.63, 3.8) is 0 Å². The lowest BCUT2D eigenvalue weighted by atomic mass is 9.94. The third-order valence-electron chi connectivity index (χ3n) is 3.78. The first kappa shape index (κ1) is 15.5. The number of benzene rings is 1. The standard InChI is InChI=1S/C16H22N2O3/c1-11(2)18(10-15(19)21-3)16(20)14-6-4-5-12-9-17-8-7-13(12)14/h4-6,11,17H,7-10H2,1-3H3. The van der Waals surface area contributed by atoms with Crippen molar-refractivity contribution in [2.45, 2.75) is 32.9 Å². The number of nitrogens with one attached hydrogen (secondary N) is 1. The number of hydrogen-bond acceptors (Lipinski definition) is 4. The molecule has 1 aromatic carbocycles. The fourth-order valence-electron chi connectivity index (χ4n) is 2.58. The van der Waals surface area contributed by atoms with Crippen molar-refractivity contribution in [1.82, 2.24) is 10.2 Å². The first-order chi connectivity index (χ1) is 10.0. The maximum absolute atomic E-state index is 12.8. The summed E-state index contributed by atoms with van der Waals surface area (Å²) in [5, 5.41) is 3.30. The monoisotopic (exact) mass is 290 g/mol. The van der Waals surface area contributed by atoms with Gasteiger partial charge in [-0.25, -0.2) is 0 Å². The van der Waals surface area contributed by atoms with Crippen LogP contribution in [0.3, 0.4) is 0 Å². The zero-order valence-electron chi connectivity index (χ0n) is 12.8. The molecule has 0 radical (unpaired) electrons. The lowest BCUT2D eigenvalue weighted by molar-refractivity contribution is -0.141. The average Bonchev–Trinajstić information content (AvgIpc) is 2.50. The molecule has 21 heavy (non-hydrogen) atoms. The highest BCUT2D eigenvalue weighted by atomic mass is 16.5. The fourth-order valence-corrected chi connectivity index (χ4v) is 2.58. The topological polar surface area (TPSA) is 58.6 Å². The predicted molar refractivity (Wildman–Crippen MR) is 80.0 cm³/mol. The molecule has 1 aromatic rings. The van der Waals surface area contributed by atoms with Crippen LogP contribution in [0, 0.1) is 0 Å². The van der Waals surface area contributed by atoms with Crippen molar-refractivity contribution in [1.29, 1.82) is 0 Å². The third kappa shape index (κ3) is 3.42. The van der Waals surface area contributed by atoms with E-state index < -0.39 is 5.97 Å². The van der Waals surface area contributed by atoms with E-state index in [0.29, 0.717) is 5.56 Å². The van der Waals surface area contributed by atoms with E-state index in [1.807, 2.05) is 32.0 Å². The van der Waals surface area contributed by atoms with Crippen molar-refractivity contribution in [3.8, 4) is 0 Å². The Balaban J connectivity index is 2.31. The van der Waals surface area contributed by atoms with Gasteiger partial charge in [0, 0.05) is 18.2 Å². The maximum atomic E-state index is 12.8. The quantitative estimate of drug-likeness (QED) is 0.851. The van der Waals surface area contributed by atoms with Gasteiger partial charge in [-0.3, -0.25) is 9.59 Å². The zero-order chi connectivity index (χ0) is 15.4. The van der Waals surface area contributed by atoms with Crippen LogP contribution in [0.1, 0.15) is 35.3 Å². The Bertz CT molecular complexity index is 540. The van der Waals surface area contributed by atoms with Crippen molar-refractivity contribution in [2.75, 3.05) is 20.2 Å². The van der Waals surface area contributed by atoms with Gasteiger partial charge in [0.15, 0.2) is 0 Å². The second kappa shape index (κ2) is 6.72. The molecule has 1 aliphatic rings. The molecule has 0 saturated heterocycles. The van der Waals surface area contributed by atoms with Crippen molar-refractivity contribution >= 4 is 11.9 Å². The smallest absolute Gasteiger partial charge is 0.325 e. The molecule has 0 unspecified atom stereocenters. The minimum atomic E-state index is -0.400. The van der Waals surface area contributed by atoms with E-state index in [-0.39, 0.29) is 18.5 Å². The van der Waals surface area contributed by atoms with Gasteiger partial charge in [-0.1, -0.05) is 12.1 Å². The number of carbonyl (C=O) groups excluding carboxylic acids is 2. The summed E-state index contributed by atoms with van der Waals surface area (Å²) in [7, 11) is 1.33. The summed E-state index contributed by atoms with van der Waals surface area (Å²) < 4.78 is 4.69. The molecule has 1 heterocycles. The van der Waals surface area contributed by atoms with Gasteiger partial charge in [-0.15, -0.1) is 0 Å². The SMILES string of the molecule is COC(=O)CN(C(=O)c1cccc2c1CCNC2)C(C)C. The maximum Gasteiger partial charge on any atom is 0.325 e. The molecular formula is C16H22N2O3. The molecule has 0 saturated carbocycles. The van der Waals surface area contributed by atoms with Crippen LogP contribution in [0.15, 0.2) is 18.2 Å². The summed E-state index contributed by atoms with van der Waals surface area (Å²) in [5.41, 5.74) is 2.96. The molecule has 0 atom stereocenters. The van der Waals surface area contributed by atoms with E-state index in [2.05, 4.69) is 10.1 Å². The summed E-state index contributed by atoms with van der Waals surface area (Å²) in [6.07, 6.45) is 0.835. The van der Waals surface area contributed by atoms with E-state index >= 15 is 0 Å². The van der Waals surface area contributed by atoms with Gasteiger partial charge < -0.3 is 15.0 Å². The molecule has 5 heteroatoms. The van der Waals surface area contributed by atoms with Crippen LogP contribution in [0.5, 0.6) is 0 Å². The molecule has 0 fully saturated rings. The minimum absolute atomic E-state index is 0.0189. The summed E-state index contributed by atoms with van der Waals surface area (Å²) >= 11 is 0. The van der Waals surface area contributed by atoms with Crippen LogP contribution < -0.4 is 5.32 Å².